The SMILES string of the molecule is COc1cc(C=O)cc(Cl)c1OCC(C)(O)C(C)C. The molecule has 4 nitrogen and oxygen atoms in total. The van der Waals surface area contributed by atoms with E-state index in [9.17, 15) is 9.90 Å². The summed E-state index contributed by atoms with van der Waals surface area (Å²) in [5.74, 6) is 0.733. The van der Waals surface area contributed by atoms with Crippen molar-refractivity contribution in [3.63, 3.8) is 0 Å². The Balaban J connectivity index is 2.98. The maximum atomic E-state index is 10.7. The number of hydrogen-bond donors (Lipinski definition) is 1. The molecule has 1 atom stereocenters. The molecule has 0 radical (unpaired) electrons. The molecule has 0 bridgehead atoms. The predicted molar refractivity (Wildman–Crippen MR) is 74.3 cm³/mol. The number of carbonyl (C=O) groups is 1. The van der Waals surface area contributed by atoms with Crippen LogP contribution >= 0.6 is 11.6 Å². The quantitative estimate of drug-likeness (QED) is 0.817. The van der Waals surface area contributed by atoms with Gasteiger partial charge in [0.2, 0.25) is 0 Å². The van der Waals surface area contributed by atoms with E-state index in [2.05, 4.69) is 0 Å². The topological polar surface area (TPSA) is 55.8 Å². The third-order valence-electron chi connectivity index (χ3n) is 3.14. The minimum atomic E-state index is -0.975. The Morgan fingerprint density at radius 3 is 2.58 bits per heavy atom. The van der Waals surface area contributed by atoms with Gasteiger partial charge in [-0.1, -0.05) is 25.4 Å². The first kappa shape index (κ1) is 15.8. The molecule has 5 heteroatoms. The molecule has 0 heterocycles. The number of benzene rings is 1. The highest BCUT2D eigenvalue weighted by Crippen LogP contribution is 2.36. The first-order valence-electron chi connectivity index (χ1n) is 5.99. The van der Waals surface area contributed by atoms with E-state index in [1.165, 1.54) is 19.2 Å². The molecule has 1 unspecified atom stereocenters. The number of aliphatic hydroxyl groups is 1. The molecule has 0 saturated heterocycles. The Morgan fingerprint density at radius 1 is 1.47 bits per heavy atom. The molecular formula is C14H19ClO4. The van der Waals surface area contributed by atoms with Crippen molar-refractivity contribution in [3.05, 3.63) is 22.7 Å². The van der Waals surface area contributed by atoms with Crippen LogP contribution in [0.2, 0.25) is 5.02 Å². The molecule has 0 amide bonds. The van der Waals surface area contributed by atoms with Crippen molar-refractivity contribution in [3.8, 4) is 11.5 Å². The molecule has 0 aliphatic carbocycles. The lowest BCUT2D eigenvalue weighted by Crippen LogP contribution is -2.37. The van der Waals surface area contributed by atoms with E-state index in [4.69, 9.17) is 21.1 Å². The Labute approximate surface area is 118 Å². The van der Waals surface area contributed by atoms with Crippen LogP contribution in [0.4, 0.5) is 0 Å². The van der Waals surface area contributed by atoms with Gasteiger partial charge < -0.3 is 14.6 Å². The fraction of sp³-hybridized carbons (Fsp3) is 0.500. The summed E-state index contributed by atoms with van der Waals surface area (Å²) in [5, 5.41) is 10.4. The van der Waals surface area contributed by atoms with Crippen molar-refractivity contribution in [2.45, 2.75) is 26.4 Å². The van der Waals surface area contributed by atoms with Crippen molar-refractivity contribution in [1.82, 2.24) is 0 Å². The number of aldehydes is 1. The summed E-state index contributed by atoms with van der Waals surface area (Å²) in [6, 6.07) is 3.04. The number of hydrogen-bond acceptors (Lipinski definition) is 4. The normalized spacial score (nSPS) is 14.1. The van der Waals surface area contributed by atoms with E-state index in [0.29, 0.717) is 23.3 Å². The molecule has 0 fully saturated rings. The summed E-state index contributed by atoms with van der Waals surface area (Å²) >= 11 is 6.05. The zero-order chi connectivity index (χ0) is 14.6. The Hall–Kier alpha value is -1.26. The Bertz CT molecular complexity index is 455. The minimum Gasteiger partial charge on any atom is -0.493 e. The maximum Gasteiger partial charge on any atom is 0.179 e. The van der Waals surface area contributed by atoms with Gasteiger partial charge in [0.05, 0.1) is 17.7 Å². The zero-order valence-corrected chi connectivity index (χ0v) is 12.3. The molecule has 0 saturated carbocycles. The summed E-state index contributed by atoms with van der Waals surface area (Å²) in [4.78, 5) is 10.7. The van der Waals surface area contributed by atoms with Crippen LogP contribution in [0.15, 0.2) is 12.1 Å². The Kier molecular flexibility index (Phi) is 5.20. The van der Waals surface area contributed by atoms with Gasteiger partial charge in [-0.15, -0.1) is 0 Å². The average molecular weight is 287 g/mol. The van der Waals surface area contributed by atoms with Gasteiger partial charge in [0.1, 0.15) is 12.9 Å². The third kappa shape index (κ3) is 3.85. The van der Waals surface area contributed by atoms with E-state index in [1.54, 1.807) is 6.92 Å². The van der Waals surface area contributed by atoms with Crippen LogP contribution in [0.3, 0.4) is 0 Å². The second-order valence-electron chi connectivity index (χ2n) is 4.95. The zero-order valence-electron chi connectivity index (χ0n) is 11.6. The van der Waals surface area contributed by atoms with Crippen LogP contribution in [0.1, 0.15) is 31.1 Å². The van der Waals surface area contributed by atoms with Gasteiger partial charge >= 0.3 is 0 Å². The van der Waals surface area contributed by atoms with Gasteiger partial charge in [-0.3, -0.25) is 4.79 Å². The van der Waals surface area contributed by atoms with Crippen molar-refractivity contribution >= 4 is 17.9 Å². The summed E-state index contributed by atoms with van der Waals surface area (Å²) in [6.07, 6.45) is 0.683. The standard InChI is InChI=1S/C14H19ClO4/c1-9(2)14(3,17)8-19-13-11(15)5-10(7-16)6-12(13)18-4/h5-7,9,17H,8H2,1-4H3. The van der Waals surface area contributed by atoms with Crippen LogP contribution < -0.4 is 9.47 Å². The first-order chi connectivity index (χ1) is 8.81. The number of carbonyl (C=O) groups excluding carboxylic acids is 1. The average Bonchev–Trinajstić information content (AvgIpc) is 2.36. The van der Waals surface area contributed by atoms with Crippen LogP contribution in [-0.2, 0) is 0 Å². The van der Waals surface area contributed by atoms with Crippen LogP contribution in [0.25, 0.3) is 0 Å². The van der Waals surface area contributed by atoms with Crippen molar-refractivity contribution in [2.24, 2.45) is 5.92 Å². The lowest BCUT2D eigenvalue weighted by Gasteiger charge is -2.28. The molecule has 19 heavy (non-hydrogen) atoms. The monoisotopic (exact) mass is 286 g/mol. The first-order valence-corrected chi connectivity index (χ1v) is 6.37. The Morgan fingerprint density at radius 2 is 2.11 bits per heavy atom. The van der Waals surface area contributed by atoms with E-state index in [-0.39, 0.29) is 17.5 Å². The predicted octanol–water partition coefficient (Wildman–Crippen LogP) is 2.95. The van der Waals surface area contributed by atoms with E-state index >= 15 is 0 Å². The van der Waals surface area contributed by atoms with Gasteiger partial charge in [-0.05, 0) is 25.0 Å². The number of methoxy groups -OCH3 is 1. The van der Waals surface area contributed by atoms with Gasteiger partial charge in [-0.25, -0.2) is 0 Å². The molecule has 0 aliphatic heterocycles. The summed E-state index contributed by atoms with van der Waals surface area (Å²) < 4.78 is 10.7. The highest BCUT2D eigenvalue weighted by atomic mass is 35.5. The molecule has 0 aromatic heterocycles. The highest BCUT2D eigenvalue weighted by molar-refractivity contribution is 6.32. The van der Waals surface area contributed by atoms with Gasteiger partial charge in [0, 0.05) is 5.56 Å². The fourth-order valence-corrected chi connectivity index (χ4v) is 1.61. The smallest absolute Gasteiger partial charge is 0.179 e. The molecule has 1 rings (SSSR count). The van der Waals surface area contributed by atoms with Gasteiger partial charge in [0.15, 0.2) is 11.5 Å². The van der Waals surface area contributed by atoms with Crippen molar-refractivity contribution in [2.75, 3.05) is 13.7 Å². The molecule has 1 N–H and O–H groups in total. The summed E-state index contributed by atoms with van der Waals surface area (Å²) in [5.41, 5.74) is -0.567. The lowest BCUT2D eigenvalue weighted by molar-refractivity contribution is -0.0271. The second kappa shape index (κ2) is 6.26. The van der Waals surface area contributed by atoms with E-state index < -0.39 is 5.60 Å². The van der Waals surface area contributed by atoms with E-state index in [1.807, 2.05) is 13.8 Å². The number of rotatable bonds is 6. The molecule has 0 spiro atoms. The van der Waals surface area contributed by atoms with Crippen LogP contribution in [0, 0.1) is 5.92 Å². The molecule has 106 valence electrons. The van der Waals surface area contributed by atoms with Gasteiger partial charge in [0.25, 0.3) is 0 Å². The van der Waals surface area contributed by atoms with Crippen molar-refractivity contribution < 1.29 is 19.4 Å². The number of halogens is 1. The molecular weight excluding hydrogens is 268 g/mol. The van der Waals surface area contributed by atoms with Gasteiger partial charge in [-0.2, -0.15) is 0 Å². The summed E-state index contributed by atoms with van der Waals surface area (Å²) in [6.45, 7) is 5.58. The van der Waals surface area contributed by atoms with Crippen molar-refractivity contribution in [1.29, 1.82) is 0 Å². The molecule has 1 aromatic carbocycles. The summed E-state index contributed by atoms with van der Waals surface area (Å²) in [7, 11) is 1.47. The highest BCUT2D eigenvalue weighted by Gasteiger charge is 2.27. The van der Waals surface area contributed by atoms with E-state index in [0.717, 1.165) is 0 Å². The van der Waals surface area contributed by atoms with Crippen LogP contribution in [-0.4, -0.2) is 30.7 Å². The molecule has 0 aliphatic rings. The fourth-order valence-electron chi connectivity index (χ4n) is 1.33. The third-order valence-corrected chi connectivity index (χ3v) is 3.42. The van der Waals surface area contributed by atoms with Crippen LogP contribution in [0.5, 0.6) is 11.5 Å². The largest absolute Gasteiger partial charge is 0.493 e. The minimum absolute atomic E-state index is 0.0338. The lowest BCUT2D eigenvalue weighted by atomic mass is 9.94. The maximum absolute atomic E-state index is 10.7. The molecule has 1 aromatic rings. The number of ether oxygens (including phenoxy) is 2. The second-order valence-corrected chi connectivity index (χ2v) is 5.36.